The minimum Gasteiger partial charge on any atom is -0.456 e. The average molecular weight is 316 g/mol. The molecule has 0 spiro atoms. The Hall–Kier alpha value is -3.07. The highest BCUT2D eigenvalue weighted by molar-refractivity contribution is 6.02. The molecule has 0 saturated carbocycles. The molecule has 3 nitrogen and oxygen atoms in total. The Labute approximate surface area is 141 Å². The van der Waals surface area contributed by atoms with E-state index in [0.717, 1.165) is 27.7 Å². The van der Waals surface area contributed by atoms with E-state index in [1.54, 1.807) is 18.2 Å². The molecule has 0 fully saturated rings. The zero-order valence-electron chi connectivity index (χ0n) is 13.9. The number of benzene rings is 2. The minimum atomic E-state index is 0.417. The van der Waals surface area contributed by atoms with Gasteiger partial charge < -0.3 is 15.6 Å². The van der Waals surface area contributed by atoms with Crippen LogP contribution in [-0.4, -0.2) is 0 Å². The zero-order valence-corrected chi connectivity index (χ0v) is 13.9. The summed E-state index contributed by atoms with van der Waals surface area (Å²) in [6.07, 6.45) is 5.87. The van der Waals surface area contributed by atoms with Crippen molar-refractivity contribution < 1.29 is 4.42 Å². The van der Waals surface area contributed by atoms with Gasteiger partial charge in [0, 0.05) is 34.3 Å². The molecule has 1 aliphatic carbocycles. The fraction of sp³-hybridized carbons (Fsp3) is 0.0952. The maximum absolute atomic E-state index is 7.88. The number of rotatable bonds is 3. The third-order valence-electron chi connectivity index (χ3n) is 4.10. The molecule has 24 heavy (non-hydrogen) atoms. The van der Waals surface area contributed by atoms with Gasteiger partial charge in [-0.05, 0) is 49.3 Å². The number of nitrogens with two attached hydrogens (primary N) is 1. The summed E-state index contributed by atoms with van der Waals surface area (Å²) in [6.45, 7) is 7.88. The summed E-state index contributed by atoms with van der Waals surface area (Å²) in [5.41, 5.74) is 11.6. The Morgan fingerprint density at radius 1 is 1.21 bits per heavy atom. The molecule has 0 saturated heterocycles. The Balaban J connectivity index is 2.49. The summed E-state index contributed by atoms with van der Waals surface area (Å²) in [7, 11) is 0. The lowest BCUT2D eigenvalue weighted by Crippen LogP contribution is -2.02. The zero-order chi connectivity index (χ0) is 17.3. The van der Waals surface area contributed by atoms with E-state index < -0.39 is 0 Å². The lowest BCUT2D eigenvalue weighted by atomic mass is 9.89. The number of allylic oxidation sites excluding steroid dienone is 5. The van der Waals surface area contributed by atoms with Crippen molar-refractivity contribution in [3.05, 3.63) is 77.7 Å². The highest BCUT2D eigenvalue weighted by Gasteiger charge is 2.18. The van der Waals surface area contributed by atoms with Gasteiger partial charge in [-0.15, -0.1) is 0 Å². The second-order valence-corrected chi connectivity index (χ2v) is 5.73. The third kappa shape index (κ3) is 2.65. The van der Waals surface area contributed by atoms with Crippen LogP contribution in [0, 0.1) is 5.41 Å². The van der Waals surface area contributed by atoms with Gasteiger partial charge in [0.15, 0.2) is 0 Å². The molecule has 0 atom stereocenters. The van der Waals surface area contributed by atoms with Crippen LogP contribution >= 0.6 is 0 Å². The van der Waals surface area contributed by atoms with Gasteiger partial charge in [0.1, 0.15) is 11.3 Å². The second kappa shape index (κ2) is 6.20. The van der Waals surface area contributed by atoms with Crippen molar-refractivity contribution in [3.8, 4) is 11.3 Å². The van der Waals surface area contributed by atoms with Crippen LogP contribution < -0.4 is 11.1 Å². The van der Waals surface area contributed by atoms with Crippen molar-refractivity contribution >= 4 is 22.2 Å². The van der Waals surface area contributed by atoms with Gasteiger partial charge in [0.2, 0.25) is 0 Å². The molecule has 0 amide bonds. The summed E-state index contributed by atoms with van der Waals surface area (Å²) in [6, 6.07) is 11.2. The largest absolute Gasteiger partial charge is 0.456 e. The number of fused-ring (bicyclic) bond motifs is 2. The summed E-state index contributed by atoms with van der Waals surface area (Å²) in [5.74, 6) is 0.682. The van der Waals surface area contributed by atoms with Gasteiger partial charge in [0.05, 0.1) is 5.36 Å². The summed E-state index contributed by atoms with van der Waals surface area (Å²) in [5, 5.41) is 9.29. The monoisotopic (exact) mass is 316 g/mol. The van der Waals surface area contributed by atoms with E-state index in [9.17, 15) is 0 Å². The first-order chi connectivity index (χ1) is 11.5. The molecule has 0 bridgehead atoms. The first kappa shape index (κ1) is 15.8. The highest BCUT2D eigenvalue weighted by Crippen LogP contribution is 2.39. The van der Waals surface area contributed by atoms with E-state index in [4.69, 9.17) is 15.6 Å². The van der Waals surface area contributed by atoms with Crippen molar-refractivity contribution in [2.24, 2.45) is 0 Å². The predicted molar refractivity (Wildman–Crippen MR) is 101 cm³/mol. The molecule has 0 aromatic heterocycles. The fourth-order valence-electron chi connectivity index (χ4n) is 3.03. The standard InChI is InChI=1S/C21H20N2O/c1-4-6-13(3)16(5-2)21-17-9-7-14(22)11-19(17)24-20-12-15(23)8-10-18(20)21/h4-12,22H,1,23H2,2-3H3/b13-6-,16-5+,22-14?. The SMILES string of the molecule is C=C/C=C(C)\C(=C/C)c1c2ccc(=N)cc-2oc2cc(N)ccc12. The van der Waals surface area contributed by atoms with Crippen LogP contribution in [0.5, 0.6) is 0 Å². The lowest BCUT2D eigenvalue weighted by molar-refractivity contribution is 0.618. The van der Waals surface area contributed by atoms with Gasteiger partial charge in [0.25, 0.3) is 0 Å². The molecule has 1 aliphatic heterocycles. The van der Waals surface area contributed by atoms with E-state index in [1.807, 2.05) is 37.3 Å². The Bertz CT molecular complexity index is 1020. The van der Waals surface area contributed by atoms with Crippen molar-refractivity contribution in [2.75, 3.05) is 5.73 Å². The van der Waals surface area contributed by atoms with Crippen LogP contribution in [0.15, 0.2) is 71.2 Å². The van der Waals surface area contributed by atoms with Crippen LogP contribution in [0.1, 0.15) is 19.4 Å². The molecule has 2 aliphatic rings. The van der Waals surface area contributed by atoms with Gasteiger partial charge in [-0.3, -0.25) is 0 Å². The van der Waals surface area contributed by atoms with Crippen LogP contribution in [0.25, 0.3) is 27.9 Å². The number of nitrogens with one attached hydrogen (secondary N) is 1. The Kier molecular flexibility index (Phi) is 4.09. The number of hydrogen-bond donors (Lipinski definition) is 2. The molecular weight excluding hydrogens is 296 g/mol. The van der Waals surface area contributed by atoms with Crippen molar-refractivity contribution in [1.82, 2.24) is 0 Å². The lowest BCUT2D eigenvalue weighted by Gasteiger charge is -2.18. The normalized spacial score (nSPS) is 12.8. The van der Waals surface area contributed by atoms with Crippen LogP contribution in [0.4, 0.5) is 5.69 Å². The van der Waals surface area contributed by atoms with E-state index >= 15 is 0 Å². The van der Waals surface area contributed by atoms with E-state index in [-0.39, 0.29) is 0 Å². The van der Waals surface area contributed by atoms with Crippen molar-refractivity contribution in [1.29, 1.82) is 5.41 Å². The number of anilines is 1. The van der Waals surface area contributed by atoms with Gasteiger partial charge >= 0.3 is 0 Å². The number of hydrogen-bond acceptors (Lipinski definition) is 3. The van der Waals surface area contributed by atoms with Crippen LogP contribution in [0.3, 0.4) is 0 Å². The second-order valence-electron chi connectivity index (χ2n) is 5.73. The van der Waals surface area contributed by atoms with E-state index in [2.05, 4.69) is 19.6 Å². The van der Waals surface area contributed by atoms with E-state index in [1.165, 1.54) is 0 Å². The molecule has 1 aromatic rings. The Morgan fingerprint density at radius 2 is 2.00 bits per heavy atom. The predicted octanol–water partition coefficient (Wildman–Crippen LogP) is 5.13. The van der Waals surface area contributed by atoms with Crippen LogP contribution in [-0.2, 0) is 0 Å². The number of nitrogen functional groups attached to an aromatic ring is 1. The molecule has 3 rings (SSSR count). The molecule has 120 valence electrons. The smallest absolute Gasteiger partial charge is 0.137 e. The molecule has 0 unspecified atom stereocenters. The third-order valence-corrected chi connectivity index (χ3v) is 4.10. The first-order valence-electron chi connectivity index (χ1n) is 7.82. The minimum absolute atomic E-state index is 0.417. The molecule has 3 heteroatoms. The topological polar surface area (TPSA) is 63.0 Å². The molecule has 1 heterocycles. The van der Waals surface area contributed by atoms with Gasteiger partial charge in [-0.1, -0.05) is 24.8 Å². The first-order valence-corrected chi connectivity index (χ1v) is 7.82. The van der Waals surface area contributed by atoms with Crippen molar-refractivity contribution in [3.63, 3.8) is 0 Å². The Morgan fingerprint density at radius 3 is 2.71 bits per heavy atom. The van der Waals surface area contributed by atoms with Gasteiger partial charge in [-0.2, -0.15) is 0 Å². The molecule has 3 N–H and O–H groups in total. The average Bonchev–Trinajstić information content (AvgIpc) is 2.54. The molecule has 1 aromatic carbocycles. The van der Waals surface area contributed by atoms with E-state index in [0.29, 0.717) is 22.4 Å². The fourth-order valence-corrected chi connectivity index (χ4v) is 3.03. The highest BCUT2D eigenvalue weighted by atomic mass is 16.3. The molecular formula is C21H20N2O. The maximum Gasteiger partial charge on any atom is 0.137 e. The summed E-state index contributed by atoms with van der Waals surface area (Å²) < 4.78 is 6.02. The molecule has 0 radical (unpaired) electrons. The quantitative estimate of drug-likeness (QED) is 0.399. The van der Waals surface area contributed by atoms with Gasteiger partial charge in [-0.25, -0.2) is 0 Å². The maximum atomic E-state index is 7.88. The summed E-state index contributed by atoms with van der Waals surface area (Å²) >= 11 is 0. The summed E-state index contributed by atoms with van der Waals surface area (Å²) in [4.78, 5) is 0. The van der Waals surface area contributed by atoms with Crippen molar-refractivity contribution in [2.45, 2.75) is 13.8 Å². The van der Waals surface area contributed by atoms with Crippen LogP contribution in [0.2, 0.25) is 0 Å².